The monoisotopic (exact) mass is 279 g/mol. The second-order valence-electron chi connectivity index (χ2n) is 4.95. The molecule has 1 fully saturated rings. The molecule has 7 heteroatoms. The molecule has 1 aliphatic rings. The Morgan fingerprint density at radius 1 is 1.60 bits per heavy atom. The van der Waals surface area contributed by atoms with E-state index in [2.05, 4.69) is 10.2 Å². The molecule has 1 aromatic rings. The van der Waals surface area contributed by atoms with Gasteiger partial charge in [-0.05, 0) is 38.6 Å². The molecule has 1 atom stereocenters. The number of likely N-dealkylation sites (tertiary alicyclic amines) is 1. The lowest BCUT2D eigenvalue weighted by molar-refractivity contribution is -0.384. The highest BCUT2D eigenvalue weighted by Crippen LogP contribution is 2.26. The highest BCUT2D eigenvalue weighted by atomic mass is 16.6. The summed E-state index contributed by atoms with van der Waals surface area (Å²) in [6, 6.07) is 4.11. The lowest BCUT2D eigenvalue weighted by Gasteiger charge is -2.20. The number of nitro groups is 1. The molecule has 0 spiro atoms. The lowest BCUT2D eigenvalue weighted by Crippen LogP contribution is -2.31. The highest BCUT2D eigenvalue weighted by molar-refractivity contribution is 5.90. The van der Waals surface area contributed by atoms with Crippen molar-refractivity contribution in [1.29, 1.82) is 0 Å². The van der Waals surface area contributed by atoms with Crippen LogP contribution in [-0.4, -0.2) is 47.1 Å². The summed E-state index contributed by atoms with van der Waals surface area (Å²) in [4.78, 5) is 23.6. The van der Waals surface area contributed by atoms with Crippen LogP contribution in [0.4, 0.5) is 11.4 Å². The van der Waals surface area contributed by atoms with Crippen molar-refractivity contribution in [3.63, 3.8) is 0 Å². The second kappa shape index (κ2) is 5.87. The van der Waals surface area contributed by atoms with Gasteiger partial charge in [-0.15, -0.1) is 0 Å². The number of aromatic carboxylic acids is 1. The zero-order valence-electron chi connectivity index (χ0n) is 11.2. The highest BCUT2D eigenvalue weighted by Gasteiger charge is 2.22. The third kappa shape index (κ3) is 3.05. The van der Waals surface area contributed by atoms with Gasteiger partial charge in [0.25, 0.3) is 5.69 Å². The van der Waals surface area contributed by atoms with E-state index in [0.717, 1.165) is 19.4 Å². The van der Waals surface area contributed by atoms with Crippen molar-refractivity contribution < 1.29 is 14.8 Å². The maximum Gasteiger partial charge on any atom is 0.335 e. The summed E-state index contributed by atoms with van der Waals surface area (Å²) in [5.74, 6) is -1.10. The molecule has 0 amide bonds. The molecule has 20 heavy (non-hydrogen) atoms. The van der Waals surface area contributed by atoms with E-state index in [1.807, 2.05) is 7.05 Å². The Balaban J connectivity index is 2.17. The van der Waals surface area contributed by atoms with Crippen LogP contribution in [0.2, 0.25) is 0 Å². The number of nitrogens with one attached hydrogen (secondary N) is 1. The van der Waals surface area contributed by atoms with Gasteiger partial charge >= 0.3 is 5.97 Å². The summed E-state index contributed by atoms with van der Waals surface area (Å²) in [6.07, 6.45) is 2.15. The van der Waals surface area contributed by atoms with Gasteiger partial charge in [0.1, 0.15) is 5.69 Å². The van der Waals surface area contributed by atoms with Crippen LogP contribution in [0.1, 0.15) is 23.2 Å². The molecule has 7 nitrogen and oxygen atoms in total. The Morgan fingerprint density at radius 2 is 2.35 bits per heavy atom. The molecule has 1 aromatic carbocycles. The number of carbonyl (C=O) groups is 1. The zero-order valence-corrected chi connectivity index (χ0v) is 11.2. The molecule has 1 heterocycles. The number of anilines is 1. The van der Waals surface area contributed by atoms with Gasteiger partial charge in [0.15, 0.2) is 0 Å². The minimum atomic E-state index is -1.10. The van der Waals surface area contributed by atoms with E-state index in [9.17, 15) is 14.9 Å². The molecule has 1 unspecified atom stereocenters. The molecular weight excluding hydrogens is 262 g/mol. The SMILES string of the molecule is CN1CCCC1CNc1cc(C(=O)O)ccc1[N+](=O)[O-]. The number of rotatable bonds is 5. The first-order chi connectivity index (χ1) is 9.49. The normalized spacial score (nSPS) is 18.9. The van der Waals surface area contributed by atoms with Crippen molar-refractivity contribution in [3.8, 4) is 0 Å². The molecule has 0 bridgehead atoms. The molecule has 0 aliphatic carbocycles. The maximum atomic E-state index is 11.0. The average molecular weight is 279 g/mol. The first kappa shape index (κ1) is 14.3. The largest absolute Gasteiger partial charge is 0.478 e. The molecule has 0 aromatic heterocycles. The molecule has 1 aliphatic heterocycles. The van der Waals surface area contributed by atoms with Gasteiger partial charge in [-0.25, -0.2) is 4.79 Å². The standard InChI is InChI=1S/C13H17N3O4/c1-15-6-2-3-10(15)8-14-11-7-9(13(17)18)4-5-12(11)16(19)20/h4-5,7,10,14H,2-3,6,8H2,1H3,(H,17,18). The van der Waals surface area contributed by atoms with Gasteiger partial charge in [-0.2, -0.15) is 0 Å². The predicted octanol–water partition coefficient (Wildman–Crippen LogP) is 1.80. The van der Waals surface area contributed by atoms with Crippen molar-refractivity contribution in [1.82, 2.24) is 4.90 Å². The number of likely N-dealkylation sites (N-methyl/N-ethyl adjacent to an activating group) is 1. The fourth-order valence-corrected chi connectivity index (χ4v) is 2.43. The van der Waals surface area contributed by atoms with E-state index in [4.69, 9.17) is 5.11 Å². The number of carboxylic acids is 1. The zero-order chi connectivity index (χ0) is 14.7. The summed E-state index contributed by atoms with van der Waals surface area (Å²) >= 11 is 0. The molecule has 1 saturated heterocycles. The van der Waals surface area contributed by atoms with Gasteiger partial charge < -0.3 is 15.3 Å². The first-order valence-corrected chi connectivity index (χ1v) is 6.45. The van der Waals surface area contributed by atoms with Crippen molar-refractivity contribution in [2.75, 3.05) is 25.5 Å². The fraction of sp³-hybridized carbons (Fsp3) is 0.462. The number of nitrogens with zero attached hydrogens (tertiary/aromatic N) is 2. The average Bonchev–Trinajstić information content (AvgIpc) is 2.81. The number of carboxylic acid groups (broad SMARTS) is 1. The number of nitro benzene ring substituents is 1. The quantitative estimate of drug-likeness (QED) is 0.630. The van der Waals surface area contributed by atoms with E-state index in [-0.39, 0.29) is 16.9 Å². The van der Waals surface area contributed by atoms with E-state index in [1.165, 1.54) is 18.2 Å². The van der Waals surface area contributed by atoms with Crippen LogP contribution in [0.5, 0.6) is 0 Å². The molecular formula is C13H17N3O4. The maximum absolute atomic E-state index is 11.0. The molecule has 2 rings (SSSR count). The third-order valence-corrected chi connectivity index (χ3v) is 3.64. The second-order valence-corrected chi connectivity index (χ2v) is 4.95. The smallest absolute Gasteiger partial charge is 0.335 e. The summed E-state index contributed by atoms with van der Waals surface area (Å²) in [7, 11) is 2.02. The Kier molecular flexibility index (Phi) is 4.19. The van der Waals surface area contributed by atoms with Crippen molar-refractivity contribution in [2.45, 2.75) is 18.9 Å². The van der Waals surface area contributed by atoms with E-state index in [0.29, 0.717) is 12.6 Å². The molecule has 0 saturated carbocycles. The summed E-state index contributed by atoms with van der Waals surface area (Å²) in [5.41, 5.74) is 0.198. The van der Waals surface area contributed by atoms with Crippen molar-refractivity contribution in [3.05, 3.63) is 33.9 Å². The summed E-state index contributed by atoms with van der Waals surface area (Å²) < 4.78 is 0. The van der Waals surface area contributed by atoms with Gasteiger partial charge in [0.2, 0.25) is 0 Å². The van der Waals surface area contributed by atoms with Gasteiger partial charge in [-0.3, -0.25) is 10.1 Å². The lowest BCUT2D eigenvalue weighted by atomic mass is 10.1. The Labute approximate surface area is 116 Å². The minimum absolute atomic E-state index is 0.0397. The van der Waals surface area contributed by atoms with E-state index >= 15 is 0 Å². The van der Waals surface area contributed by atoms with Gasteiger partial charge in [-0.1, -0.05) is 0 Å². The van der Waals surface area contributed by atoms with Crippen molar-refractivity contribution in [2.24, 2.45) is 0 Å². The number of benzene rings is 1. The van der Waals surface area contributed by atoms with Crippen LogP contribution >= 0.6 is 0 Å². The molecule has 0 radical (unpaired) electrons. The minimum Gasteiger partial charge on any atom is -0.478 e. The van der Waals surface area contributed by atoms with E-state index in [1.54, 1.807) is 0 Å². The van der Waals surface area contributed by atoms with Crippen LogP contribution < -0.4 is 5.32 Å². The Morgan fingerprint density at radius 3 is 2.90 bits per heavy atom. The fourth-order valence-electron chi connectivity index (χ4n) is 2.43. The van der Waals surface area contributed by atoms with Gasteiger partial charge in [0.05, 0.1) is 10.5 Å². The topological polar surface area (TPSA) is 95.7 Å². The van der Waals surface area contributed by atoms with Crippen LogP contribution in [0.3, 0.4) is 0 Å². The van der Waals surface area contributed by atoms with Crippen LogP contribution in [-0.2, 0) is 0 Å². The van der Waals surface area contributed by atoms with Crippen LogP contribution in [0.25, 0.3) is 0 Å². The van der Waals surface area contributed by atoms with Crippen LogP contribution in [0, 0.1) is 10.1 Å². The Hall–Kier alpha value is -2.15. The summed E-state index contributed by atoms with van der Waals surface area (Å²) in [6.45, 7) is 1.59. The number of hydrogen-bond donors (Lipinski definition) is 2. The first-order valence-electron chi connectivity index (χ1n) is 6.45. The summed E-state index contributed by atoms with van der Waals surface area (Å²) in [5, 5.41) is 22.9. The number of hydrogen-bond acceptors (Lipinski definition) is 5. The molecule has 2 N–H and O–H groups in total. The predicted molar refractivity (Wildman–Crippen MR) is 74.2 cm³/mol. The van der Waals surface area contributed by atoms with E-state index < -0.39 is 10.9 Å². The third-order valence-electron chi connectivity index (χ3n) is 3.64. The van der Waals surface area contributed by atoms with Gasteiger partial charge in [0, 0.05) is 18.7 Å². The molecule has 108 valence electrons. The Bertz CT molecular complexity index is 532. The van der Waals surface area contributed by atoms with Crippen LogP contribution in [0.15, 0.2) is 18.2 Å². The van der Waals surface area contributed by atoms with Crippen molar-refractivity contribution >= 4 is 17.3 Å².